The molecule has 3 heteroatoms. The average molecular weight is 313 g/mol. The van der Waals surface area contributed by atoms with Crippen LogP contribution in [0.2, 0.25) is 0 Å². The van der Waals surface area contributed by atoms with Gasteiger partial charge in [-0.2, -0.15) is 0 Å². The maximum absolute atomic E-state index is 11.9. The number of hydrogen-bond donors (Lipinski definition) is 0. The van der Waals surface area contributed by atoms with E-state index in [1.165, 1.54) is 7.11 Å². The van der Waals surface area contributed by atoms with E-state index in [1.54, 1.807) is 12.3 Å². The van der Waals surface area contributed by atoms with Crippen molar-refractivity contribution in [1.82, 2.24) is 4.98 Å². The Morgan fingerprint density at radius 2 is 1.67 bits per heavy atom. The van der Waals surface area contributed by atoms with Crippen LogP contribution in [0.4, 0.5) is 0 Å². The third-order valence-electron chi connectivity index (χ3n) is 4.24. The highest BCUT2D eigenvalue weighted by molar-refractivity contribution is 6.06. The summed E-state index contributed by atoms with van der Waals surface area (Å²) < 4.78 is 4.85. The first-order valence-electron chi connectivity index (χ1n) is 7.73. The quantitative estimate of drug-likeness (QED) is 0.497. The Morgan fingerprint density at radius 1 is 0.875 bits per heavy atom. The number of carbonyl (C=O) groups is 1. The summed E-state index contributed by atoms with van der Waals surface area (Å²) in [4.78, 5) is 16.3. The molecule has 0 aliphatic rings. The lowest BCUT2D eigenvalue weighted by molar-refractivity contribution is 0.0601. The Balaban J connectivity index is 2.03. The Labute approximate surface area is 139 Å². The number of ether oxygens (including phenoxy) is 1. The Morgan fingerprint density at radius 3 is 2.50 bits per heavy atom. The van der Waals surface area contributed by atoms with Gasteiger partial charge in [0.2, 0.25) is 0 Å². The van der Waals surface area contributed by atoms with Crippen molar-refractivity contribution in [1.29, 1.82) is 0 Å². The number of nitrogens with zero attached hydrogens (tertiary/aromatic N) is 1. The summed E-state index contributed by atoms with van der Waals surface area (Å²) in [6.45, 7) is 0. The van der Waals surface area contributed by atoms with Gasteiger partial charge >= 0.3 is 5.97 Å². The van der Waals surface area contributed by atoms with Gasteiger partial charge in [0.15, 0.2) is 0 Å². The van der Waals surface area contributed by atoms with Crippen LogP contribution in [0.15, 0.2) is 72.9 Å². The lowest BCUT2D eigenvalue weighted by Gasteiger charge is -2.11. The van der Waals surface area contributed by atoms with E-state index in [0.717, 1.165) is 32.8 Å². The van der Waals surface area contributed by atoms with Gasteiger partial charge in [0.25, 0.3) is 0 Å². The van der Waals surface area contributed by atoms with Crippen LogP contribution in [0.5, 0.6) is 0 Å². The van der Waals surface area contributed by atoms with Gasteiger partial charge in [0.1, 0.15) is 0 Å². The minimum Gasteiger partial charge on any atom is -0.465 e. The van der Waals surface area contributed by atoms with E-state index in [0.29, 0.717) is 5.56 Å². The number of carbonyl (C=O) groups excluding carboxylic acids is 1. The molecule has 0 amide bonds. The second kappa shape index (κ2) is 5.78. The molecule has 4 rings (SSSR count). The monoisotopic (exact) mass is 313 g/mol. The second-order valence-electron chi connectivity index (χ2n) is 5.61. The van der Waals surface area contributed by atoms with E-state index in [-0.39, 0.29) is 5.97 Å². The lowest BCUT2D eigenvalue weighted by atomic mass is 9.94. The van der Waals surface area contributed by atoms with Crippen molar-refractivity contribution < 1.29 is 9.53 Å². The molecule has 0 unspecified atom stereocenters. The zero-order chi connectivity index (χ0) is 16.5. The second-order valence-corrected chi connectivity index (χ2v) is 5.61. The highest BCUT2D eigenvalue weighted by atomic mass is 16.5. The molecular weight excluding hydrogens is 298 g/mol. The fourth-order valence-electron chi connectivity index (χ4n) is 3.09. The molecule has 4 aromatic rings. The molecule has 0 fully saturated rings. The summed E-state index contributed by atoms with van der Waals surface area (Å²) in [6, 6.07) is 21.9. The van der Waals surface area contributed by atoms with E-state index in [9.17, 15) is 4.79 Å². The molecule has 0 aliphatic carbocycles. The maximum Gasteiger partial charge on any atom is 0.337 e. The van der Waals surface area contributed by atoms with Gasteiger partial charge < -0.3 is 4.74 Å². The smallest absolute Gasteiger partial charge is 0.337 e. The van der Waals surface area contributed by atoms with Crippen LogP contribution in [0.25, 0.3) is 32.8 Å². The first-order chi connectivity index (χ1) is 11.8. The van der Waals surface area contributed by atoms with Crippen molar-refractivity contribution in [2.75, 3.05) is 7.11 Å². The molecule has 0 N–H and O–H groups in total. The number of esters is 1. The van der Waals surface area contributed by atoms with E-state index in [4.69, 9.17) is 4.74 Å². The zero-order valence-corrected chi connectivity index (χ0v) is 13.2. The van der Waals surface area contributed by atoms with Crippen molar-refractivity contribution >= 4 is 27.6 Å². The summed E-state index contributed by atoms with van der Waals surface area (Å²) in [5.41, 5.74) is 3.69. The molecule has 0 saturated carbocycles. The molecule has 0 aliphatic heterocycles. The van der Waals surface area contributed by atoms with Gasteiger partial charge in [-0.15, -0.1) is 0 Å². The fraction of sp³-hybridized carbons (Fsp3) is 0.0476. The molecule has 1 heterocycles. The summed E-state index contributed by atoms with van der Waals surface area (Å²) >= 11 is 0. The molecular formula is C21H15NO2. The Bertz CT molecular complexity index is 1060. The van der Waals surface area contributed by atoms with Crippen LogP contribution in [0, 0.1) is 0 Å². The number of benzene rings is 3. The molecule has 0 bridgehead atoms. The molecule has 0 spiro atoms. The van der Waals surface area contributed by atoms with Crippen LogP contribution < -0.4 is 0 Å². The molecule has 3 aromatic carbocycles. The van der Waals surface area contributed by atoms with Gasteiger partial charge in [0, 0.05) is 11.6 Å². The summed E-state index contributed by atoms with van der Waals surface area (Å²) in [5.74, 6) is -0.328. The Hall–Kier alpha value is -3.20. The van der Waals surface area contributed by atoms with E-state index >= 15 is 0 Å². The summed E-state index contributed by atoms with van der Waals surface area (Å²) in [5, 5.41) is 3.20. The van der Waals surface area contributed by atoms with Crippen molar-refractivity contribution in [2.45, 2.75) is 0 Å². The normalized spacial score (nSPS) is 10.9. The van der Waals surface area contributed by atoms with Crippen LogP contribution in [-0.4, -0.2) is 18.1 Å². The van der Waals surface area contributed by atoms with Gasteiger partial charge in [-0.1, -0.05) is 42.5 Å². The predicted molar refractivity (Wildman–Crippen MR) is 96.0 cm³/mol. The van der Waals surface area contributed by atoms with Crippen LogP contribution >= 0.6 is 0 Å². The third kappa shape index (κ3) is 2.31. The standard InChI is InChI=1S/C21H15NO2/c1-24-21(23)15-11-10-14-5-2-6-17(19(14)13-15)16-7-3-9-20-18(16)8-4-12-22-20/h2-13H,1H3. The first-order valence-corrected chi connectivity index (χ1v) is 7.73. The summed E-state index contributed by atoms with van der Waals surface area (Å²) in [7, 11) is 1.40. The van der Waals surface area contributed by atoms with Crippen molar-refractivity contribution in [3.8, 4) is 11.1 Å². The molecule has 0 saturated heterocycles. The molecule has 0 atom stereocenters. The van der Waals surface area contributed by atoms with Crippen molar-refractivity contribution in [3.63, 3.8) is 0 Å². The van der Waals surface area contributed by atoms with Crippen LogP contribution in [-0.2, 0) is 4.74 Å². The first kappa shape index (κ1) is 14.4. The molecule has 116 valence electrons. The number of hydrogen-bond acceptors (Lipinski definition) is 3. The largest absolute Gasteiger partial charge is 0.465 e. The molecule has 3 nitrogen and oxygen atoms in total. The van der Waals surface area contributed by atoms with Gasteiger partial charge in [-0.3, -0.25) is 4.98 Å². The fourth-order valence-corrected chi connectivity index (χ4v) is 3.09. The number of aromatic nitrogens is 1. The maximum atomic E-state index is 11.9. The summed E-state index contributed by atoms with van der Waals surface area (Å²) in [6.07, 6.45) is 1.80. The van der Waals surface area contributed by atoms with Gasteiger partial charge in [-0.05, 0) is 46.2 Å². The predicted octanol–water partition coefficient (Wildman–Crippen LogP) is 4.84. The minimum absolute atomic E-state index is 0.328. The number of methoxy groups -OCH3 is 1. The van der Waals surface area contributed by atoms with Gasteiger partial charge in [-0.25, -0.2) is 4.79 Å². The molecule has 1 aromatic heterocycles. The molecule has 0 radical (unpaired) electrons. The zero-order valence-electron chi connectivity index (χ0n) is 13.2. The topological polar surface area (TPSA) is 39.2 Å². The number of rotatable bonds is 2. The minimum atomic E-state index is -0.328. The third-order valence-corrected chi connectivity index (χ3v) is 4.24. The highest BCUT2D eigenvalue weighted by Crippen LogP contribution is 2.33. The SMILES string of the molecule is COC(=O)c1ccc2cccc(-c3cccc4ncccc34)c2c1. The lowest BCUT2D eigenvalue weighted by Crippen LogP contribution is -2.00. The Kier molecular flexibility index (Phi) is 3.47. The van der Waals surface area contributed by atoms with E-state index in [1.807, 2.05) is 42.5 Å². The highest BCUT2D eigenvalue weighted by Gasteiger charge is 2.11. The number of fused-ring (bicyclic) bond motifs is 2. The van der Waals surface area contributed by atoms with E-state index < -0.39 is 0 Å². The van der Waals surface area contributed by atoms with Gasteiger partial charge in [0.05, 0.1) is 18.2 Å². The van der Waals surface area contributed by atoms with Crippen LogP contribution in [0.3, 0.4) is 0 Å². The molecule has 24 heavy (non-hydrogen) atoms. The van der Waals surface area contributed by atoms with Crippen molar-refractivity contribution in [3.05, 3.63) is 78.5 Å². The number of pyridine rings is 1. The van der Waals surface area contributed by atoms with Crippen LogP contribution in [0.1, 0.15) is 10.4 Å². The van der Waals surface area contributed by atoms with Crippen molar-refractivity contribution in [2.24, 2.45) is 0 Å². The average Bonchev–Trinajstić information content (AvgIpc) is 2.66. The van der Waals surface area contributed by atoms with E-state index in [2.05, 4.69) is 23.2 Å².